The second kappa shape index (κ2) is 8.17. The number of nitrogens with zero attached hydrogens (tertiary/aromatic N) is 5. The summed E-state index contributed by atoms with van der Waals surface area (Å²) in [5, 5.41) is 33.1. The monoisotopic (exact) mass is 428 g/mol. The van der Waals surface area contributed by atoms with Gasteiger partial charge in [-0.2, -0.15) is 18.4 Å². The Labute approximate surface area is 170 Å². The van der Waals surface area contributed by atoms with E-state index in [1.807, 2.05) is 13.8 Å². The standard InChI is InChI=1S/C18H23F3N6O3/c1-10(2)5-13(16(28)29)12(15-23-25-26-24-15)6-11-3-4-14(22-7-11)27-8-17(30,9-27)18(19,20)21/h3-4,7,10,12-13,30H,5-6,8-9H2,1-2H3,(H,28,29)(H,23,24,25,26). The van der Waals surface area contributed by atoms with Crippen molar-refractivity contribution in [1.29, 1.82) is 0 Å². The minimum absolute atomic E-state index is 0.139. The predicted octanol–water partition coefficient (Wildman–Crippen LogP) is 1.78. The number of carboxylic acid groups (broad SMARTS) is 1. The molecule has 0 aliphatic carbocycles. The topological polar surface area (TPSA) is 128 Å². The van der Waals surface area contributed by atoms with E-state index in [0.717, 1.165) is 0 Å². The SMILES string of the molecule is CC(C)CC(C(=O)O)C(Cc1ccc(N2CC(O)(C(F)(F)F)C2)nc1)c1nn[nH]n1. The van der Waals surface area contributed by atoms with Crippen molar-refractivity contribution in [3.05, 3.63) is 29.7 Å². The molecular weight excluding hydrogens is 405 g/mol. The van der Waals surface area contributed by atoms with Gasteiger partial charge in [0.2, 0.25) is 0 Å². The minimum Gasteiger partial charge on any atom is -0.481 e. The van der Waals surface area contributed by atoms with Gasteiger partial charge >= 0.3 is 12.1 Å². The van der Waals surface area contributed by atoms with Gasteiger partial charge in [0.15, 0.2) is 11.4 Å². The fourth-order valence-corrected chi connectivity index (χ4v) is 3.59. The number of H-pyrrole nitrogens is 1. The molecule has 1 saturated heterocycles. The smallest absolute Gasteiger partial charge is 0.420 e. The van der Waals surface area contributed by atoms with Crippen molar-refractivity contribution >= 4 is 11.8 Å². The molecule has 164 valence electrons. The van der Waals surface area contributed by atoms with E-state index in [-0.39, 0.29) is 18.2 Å². The lowest BCUT2D eigenvalue weighted by atomic mass is 9.81. The number of hydrogen-bond donors (Lipinski definition) is 3. The number of halogens is 3. The van der Waals surface area contributed by atoms with Crippen LogP contribution in [0.5, 0.6) is 0 Å². The van der Waals surface area contributed by atoms with Crippen LogP contribution in [0.1, 0.15) is 37.6 Å². The second-order valence-corrected chi connectivity index (χ2v) is 8.06. The fraction of sp³-hybridized carbons (Fsp3) is 0.611. The van der Waals surface area contributed by atoms with Crippen molar-refractivity contribution in [1.82, 2.24) is 25.6 Å². The number of pyridine rings is 1. The van der Waals surface area contributed by atoms with E-state index < -0.39 is 42.7 Å². The highest BCUT2D eigenvalue weighted by atomic mass is 19.4. The predicted molar refractivity (Wildman–Crippen MR) is 98.7 cm³/mol. The van der Waals surface area contributed by atoms with Gasteiger partial charge in [0.05, 0.1) is 19.0 Å². The van der Waals surface area contributed by atoms with Gasteiger partial charge in [-0.25, -0.2) is 4.98 Å². The van der Waals surface area contributed by atoms with Gasteiger partial charge in [0, 0.05) is 12.1 Å². The molecule has 2 unspecified atom stereocenters. The molecule has 1 fully saturated rings. The van der Waals surface area contributed by atoms with E-state index >= 15 is 0 Å². The lowest BCUT2D eigenvalue weighted by molar-refractivity contribution is -0.267. The molecule has 12 heteroatoms. The maximum absolute atomic E-state index is 12.8. The van der Waals surface area contributed by atoms with Crippen molar-refractivity contribution < 1.29 is 28.2 Å². The Morgan fingerprint density at radius 1 is 1.33 bits per heavy atom. The molecule has 0 bridgehead atoms. The van der Waals surface area contributed by atoms with E-state index in [1.54, 1.807) is 12.1 Å². The zero-order chi connectivity index (χ0) is 22.1. The maximum atomic E-state index is 12.8. The number of aromatic amines is 1. The molecule has 2 aromatic rings. The number of nitrogens with one attached hydrogen (secondary N) is 1. The van der Waals surface area contributed by atoms with Gasteiger partial charge in [-0.05, 0) is 30.4 Å². The number of anilines is 1. The van der Waals surface area contributed by atoms with Gasteiger partial charge in [0.25, 0.3) is 0 Å². The largest absolute Gasteiger partial charge is 0.481 e. The van der Waals surface area contributed by atoms with Crippen LogP contribution in [0.25, 0.3) is 0 Å². The van der Waals surface area contributed by atoms with Crippen LogP contribution < -0.4 is 4.90 Å². The summed E-state index contributed by atoms with van der Waals surface area (Å²) < 4.78 is 38.3. The average molecular weight is 428 g/mol. The molecule has 0 aromatic carbocycles. The first kappa shape index (κ1) is 21.9. The van der Waals surface area contributed by atoms with Crippen LogP contribution >= 0.6 is 0 Å². The summed E-state index contributed by atoms with van der Waals surface area (Å²) in [5.41, 5.74) is -2.03. The Hall–Kier alpha value is -2.76. The summed E-state index contributed by atoms with van der Waals surface area (Å²) in [4.78, 5) is 17.4. The van der Waals surface area contributed by atoms with Crippen LogP contribution in [-0.2, 0) is 11.2 Å². The number of aromatic nitrogens is 5. The molecule has 3 N–H and O–H groups in total. The normalized spacial score (nSPS) is 18.2. The minimum atomic E-state index is -4.69. The number of carboxylic acids is 1. The number of aliphatic hydroxyl groups is 1. The van der Waals surface area contributed by atoms with E-state index in [4.69, 9.17) is 0 Å². The lowest BCUT2D eigenvalue weighted by Gasteiger charge is -2.47. The van der Waals surface area contributed by atoms with Crippen LogP contribution in [0.2, 0.25) is 0 Å². The Kier molecular flexibility index (Phi) is 5.97. The van der Waals surface area contributed by atoms with Gasteiger partial charge in [-0.1, -0.05) is 25.1 Å². The van der Waals surface area contributed by atoms with Crippen LogP contribution in [0.3, 0.4) is 0 Å². The third kappa shape index (κ3) is 4.53. The number of hydrogen-bond acceptors (Lipinski definition) is 7. The first-order valence-electron chi connectivity index (χ1n) is 9.45. The van der Waals surface area contributed by atoms with E-state index in [1.165, 1.54) is 11.1 Å². The van der Waals surface area contributed by atoms with E-state index in [9.17, 15) is 28.2 Å². The number of rotatable bonds is 8. The van der Waals surface area contributed by atoms with Crippen molar-refractivity contribution in [3.63, 3.8) is 0 Å². The Bertz CT molecular complexity index is 851. The van der Waals surface area contributed by atoms with Crippen molar-refractivity contribution in [2.45, 2.75) is 44.4 Å². The highest BCUT2D eigenvalue weighted by Gasteiger charge is 2.61. The number of carbonyl (C=O) groups is 1. The summed E-state index contributed by atoms with van der Waals surface area (Å²) in [5.74, 6) is -1.52. The Balaban J connectivity index is 1.74. The van der Waals surface area contributed by atoms with Gasteiger partial charge in [-0.3, -0.25) is 4.79 Å². The van der Waals surface area contributed by atoms with Crippen molar-refractivity contribution in [2.24, 2.45) is 11.8 Å². The zero-order valence-corrected chi connectivity index (χ0v) is 16.5. The van der Waals surface area contributed by atoms with Crippen LogP contribution in [0, 0.1) is 11.8 Å². The molecule has 2 aromatic heterocycles. The third-order valence-corrected chi connectivity index (χ3v) is 5.24. The Morgan fingerprint density at radius 3 is 2.50 bits per heavy atom. The number of tetrazole rings is 1. The molecule has 30 heavy (non-hydrogen) atoms. The summed E-state index contributed by atoms with van der Waals surface area (Å²) in [6.07, 6.45) is -2.50. The van der Waals surface area contributed by atoms with Gasteiger partial charge in [-0.15, -0.1) is 10.2 Å². The molecular formula is C18H23F3N6O3. The molecule has 0 saturated carbocycles. The molecule has 0 amide bonds. The van der Waals surface area contributed by atoms with Crippen LogP contribution in [0.4, 0.5) is 19.0 Å². The molecule has 0 spiro atoms. The third-order valence-electron chi connectivity index (χ3n) is 5.24. The molecule has 3 heterocycles. The number of alkyl halides is 3. The summed E-state index contributed by atoms with van der Waals surface area (Å²) in [6.45, 7) is 2.69. The summed E-state index contributed by atoms with van der Waals surface area (Å²) in [6, 6.07) is 3.23. The van der Waals surface area contributed by atoms with Crippen LogP contribution in [0.15, 0.2) is 18.3 Å². The van der Waals surface area contributed by atoms with Crippen molar-refractivity contribution in [2.75, 3.05) is 18.0 Å². The van der Waals surface area contributed by atoms with E-state index in [2.05, 4.69) is 25.6 Å². The van der Waals surface area contributed by atoms with Gasteiger partial charge in [0.1, 0.15) is 5.82 Å². The first-order chi connectivity index (χ1) is 14.0. The van der Waals surface area contributed by atoms with Crippen LogP contribution in [-0.4, -0.2) is 66.7 Å². The first-order valence-corrected chi connectivity index (χ1v) is 9.45. The van der Waals surface area contributed by atoms with Gasteiger partial charge < -0.3 is 15.1 Å². The fourth-order valence-electron chi connectivity index (χ4n) is 3.59. The average Bonchev–Trinajstić information content (AvgIpc) is 3.15. The zero-order valence-electron chi connectivity index (χ0n) is 16.5. The quantitative estimate of drug-likeness (QED) is 0.581. The molecule has 1 aliphatic rings. The molecule has 1 aliphatic heterocycles. The highest BCUT2D eigenvalue weighted by molar-refractivity contribution is 5.71. The molecule has 3 rings (SSSR count). The second-order valence-electron chi connectivity index (χ2n) is 8.06. The molecule has 0 radical (unpaired) electrons. The lowest BCUT2D eigenvalue weighted by Crippen LogP contribution is -2.69. The maximum Gasteiger partial charge on any atom is 0.420 e. The van der Waals surface area contributed by atoms with E-state index in [0.29, 0.717) is 17.8 Å². The molecule has 9 nitrogen and oxygen atoms in total. The number of β-amino-alcohol motifs (C(OH)–C–C–N with tert-alkyl or cyclic N) is 1. The Morgan fingerprint density at radius 2 is 2.03 bits per heavy atom. The molecule has 2 atom stereocenters. The number of aliphatic carboxylic acids is 1. The van der Waals surface area contributed by atoms with Crippen molar-refractivity contribution in [3.8, 4) is 0 Å². The summed E-state index contributed by atoms with van der Waals surface area (Å²) in [7, 11) is 0. The highest BCUT2D eigenvalue weighted by Crippen LogP contribution is 2.39. The summed E-state index contributed by atoms with van der Waals surface area (Å²) >= 11 is 0.